The highest BCUT2D eigenvalue weighted by Gasteiger charge is 2.00. The van der Waals surface area contributed by atoms with E-state index in [9.17, 15) is 0 Å². The SMILES string of the molecule is CC(C)COCc1ccnc(C(N)=S)c1. The van der Waals surface area contributed by atoms with E-state index in [0.29, 0.717) is 23.2 Å². The molecule has 1 rings (SSSR count). The minimum absolute atomic E-state index is 0.320. The van der Waals surface area contributed by atoms with Crippen molar-refractivity contribution in [2.45, 2.75) is 20.5 Å². The van der Waals surface area contributed by atoms with E-state index in [-0.39, 0.29) is 0 Å². The van der Waals surface area contributed by atoms with Gasteiger partial charge in [0.25, 0.3) is 0 Å². The highest BCUT2D eigenvalue weighted by atomic mass is 32.1. The average Bonchev–Trinajstić information content (AvgIpc) is 2.17. The van der Waals surface area contributed by atoms with Gasteiger partial charge in [0.2, 0.25) is 0 Å². The molecule has 1 heterocycles. The first-order valence-electron chi connectivity index (χ1n) is 4.92. The zero-order valence-corrected chi connectivity index (χ0v) is 9.88. The molecular weight excluding hydrogens is 208 g/mol. The fraction of sp³-hybridized carbons (Fsp3) is 0.455. The molecule has 0 spiro atoms. The van der Waals surface area contributed by atoms with Crippen LogP contribution in [0.25, 0.3) is 0 Å². The third-order valence-corrected chi connectivity index (χ3v) is 2.01. The molecule has 0 aliphatic heterocycles. The van der Waals surface area contributed by atoms with Gasteiger partial charge in [0.1, 0.15) is 4.99 Å². The quantitative estimate of drug-likeness (QED) is 0.776. The Bertz CT molecular complexity index is 339. The summed E-state index contributed by atoms with van der Waals surface area (Å²) in [4.78, 5) is 4.38. The molecular formula is C11H16N2OS. The van der Waals surface area contributed by atoms with Crippen molar-refractivity contribution in [2.24, 2.45) is 11.7 Å². The van der Waals surface area contributed by atoms with Gasteiger partial charge in [-0.3, -0.25) is 4.98 Å². The van der Waals surface area contributed by atoms with Crippen LogP contribution in [0.5, 0.6) is 0 Å². The molecule has 0 atom stereocenters. The van der Waals surface area contributed by atoms with Crippen molar-refractivity contribution < 1.29 is 4.74 Å². The zero-order valence-electron chi connectivity index (χ0n) is 9.06. The molecule has 0 amide bonds. The summed E-state index contributed by atoms with van der Waals surface area (Å²) in [6.07, 6.45) is 1.70. The van der Waals surface area contributed by atoms with Crippen molar-refractivity contribution in [1.29, 1.82) is 0 Å². The normalized spacial score (nSPS) is 10.6. The lowest BCUT2D eigenvalue weighted by Crippen LogP contribution is -2.12. The molecule has 0 saturated carbocycles. The molecule has 0 aromatic carbocycles. The molecule has 0 fully saturated rings. The van der Waals surface area contributed by atoms with Crippen molar-refractivity contribution in [2.75, 3.05) is 6.61 Å². The van der Waals surface area contributed by atoms with Gasteiger partial charge in [-0.1, -0.05) is 26.1 Å². The van der Waals surface area contributed by atoms with Crippen molar-refractivity contribution in [3.63, 3.8) is 0 Å². The number of nitrogens with two attached hydrogens (primary N) is 1. The number of nitrogens with zero attached hydrogens (tertiary/aromatic N) is 1. The van der Waals surface area contributed by atoms with Gasteiger partial charge in [-0.15, -0.1) is 0 Å². The summed E-state index contributed by atoms with van der Waals surface area (Å²) in [6, 6.07) is 3.77. The van der Waals surface area contributed by atoms with Gasteiger partial charge < -0.3 is 10.5 Å². The predicted octanol–water partition coefficient (Wildman–Crippen LogP) is 1.89. The molecule has 0 saturated heterocycles. The number of hydrogen-bond acceptors (Lipinski definition) is 3. The Balaban J connectivity index is 2.54. The molecule has 0 unspecified atom stereocenters. The maximum atomic E-state index is 5.50. The molecule has 2 N–H and O–H groups in total. The van der Waals surface area contributed by atoms with Gasteiger partial charge in [-0.2, -0.15) is 0 Å². The van der Waals surface area contributed by atoms with Crippen molar-refractivity contribution in [1.82, 2.24) is 4.98 Å². The average molecular weight is 224 g/mol. The minimum atomic E-state index is 0.320. The Morgan fingerprint density at radius 2 is 2.33 bits per heavy atom. The summed E-state index contributed by atoms with van der Waals surface area (Å²) in [5.74, 6) is 0.543. The van der Waals surface area contributed by atoms with E-state index in [1.54, 1.807) is 6.20 Å². The Morgan fingerprint density at radius 3 is 2.93 bits per heavy atom. The van der Waals surface area contributed by atoms with Gasteiger partial charge >= 0.3 is 0 Å². The minimum Gasteiger partial charge on any atom is -0.388 e. The Kier molecular flexibility index (Phi) is 4.65. The third-order valence-electron chi connectivity index (χ3n) is 1.80. The Hall–Kier alpha value is -1.00. The zero-order chi connectivity index (χ0) is 11.3. The van der Waals surface area contributed by atoms with Crippen LogP contribution in [0, 0.1) is 5.92 Å². The lowest BCUT2D eigenvalue weighted by Gasteiger charge is -2.07. The van der Waals surface area contributed by atoms with Crippen molar-refractivity contribution in [3.05, 3.63) is 29.6 Å². The van der Waals surface area contributed by atoms with Crippen LogP contribution in [-0.2, 0) is 11.3 Å². The molecule has 1 aromatic rings. The number of rotatable bonds is 5. The van der Waals surface area contributed by atoms with Crippen LogP contribution >= 0.6 is 12.2 Å². The van der Waals surface area contributed by atoms with Crippen LogP contribution in [0.2, 0.25) is 0 Å². The first-order chi connectivity index (χ1) is 7.09. The van der Waals surface area contributed by atoms with Crippen molar-refractivity contribution >= 4 is 17.2 Å². The van der Waals surface area contributed by atoms with Crippen LogP contribution in [0.15, 0.2) is 18.3 Å². The van der Waals surface area contributed by atoms with Crippen LogP contribution < -0.4 is 5.73 Å². The first kappa shape index (κ1) is 12.1. The van der Waals surface area contributed by atoms with E-state index in [4.69, 9.17) is 22.7 Å². The van der Waals surface area contributed by atoms with E-state index in [1.165, 1.54) is 0 Å². The number of ether oxygens (including phenoxy) is 1. The summed E-state index contributed by atoms with van der Waals surface area (Å²) >= 11 is 4.85. The van der Waals surface area contributed by atoms with Gasteiger partial charge in [0, 0.05) is 12.8 Å². The topological polar surface area (TPSA) is 48.1 Å². The molecule has 0 bridgehead atoms. The maximum Gasteiger partial charge on any atom is 0.122 e. The lowest BCUT2D eigenvalue weighted by molar-refractivity contribution is 0.0970. The fourth-order valence-electron chi connectivity index (χ4n) is 1.11. The van der Waals surface area contributed by atoms with Crippen LogP contribution in [0.3, 0.4) is 0 Å². The molecule has 0 radical (unpaired) electrons. The Morgan fingerprint density at radius 1 is 1.60 bits per heavy atom. The van der Waals surface area contributed by atoms with E-state index >= 15 is 0 Å². The lowest BCUT2D eigenvalue weighted by atomic mass is 10.2. The highest BCUT2D eigenvalue weighted by molar-refractivity contribution is 7.80. The van der Waals surface area contributed by atoms with E-state index in [1.807, 2.05) is 12.1 Å². The summed E-state index contributed by atoms with van der Waals surface area (Å²) in [7, 11) is 0. The summed E-state index contributed by atoms with van der Waals surface area (Å²) in [6.45, 7) is 5.57. The first-order valence-corrected chi connectivity index (χ1v) is 5.33. The fourth-order valence-corrected chi connectivity index (χ4v) is 1.22. The smallest absolute Gasteiger partial charge is 0.122 e. The van der Waals surface area contributed by atoms with Crippen LogP contribution in [0.4, 0.5) is 0 Å². The molecule has 82 valence electrons. The Labute approximate surface area is 95.7 Å². The molecule has 1 aromatic heterocycles. The van der Waals surface area contributed by atoms with Gasteiger partial charge in [0.15, 0.2) is 0 Å². The van der Waals surface area contributed by atoms with Crippen molar-refractivity contribution in [3.8, 4) is 0 Å². The third kappa shape index (κ3) is 4.36. The highest BCUT2D eigenvalue weighted by Crippen LogP contribution is 2.05. The maximum absolute atomic E-state index is 5.50. The molecule has 4 heteroatoms. The second-order valence-electron chi connectivity index (χ2n) is 3.82. The molecule has 0 aliphatic rings. The van der Waals surface area contributed by atoms with Gasteiger partial charge in [-0.25, -0.2) is 0 Å². The summed E-state index contributed by atoms with van der Waals surface area (Å²) < 4.78 is 5.50. The number of thiocarbonyl (C=S) groups is 1. The summed E-state index contributed by atoms with van der Waals surface area (Å²) in [5.41, 5.74) is 7.19. The molecule has 15 heavy (non-hydrogen) atoms. The standard InChI is InChI=1S/C11H16N2OS/c1-8(2)6-14-7-9-3-4-13-10(5-9)11(12)15/h3-5,8H,6-7H2,1-2H3,(H2,12,15). The second kappa shape index (κ2) is 5.78. The monoisotopic (exact) mass is 224 g/mol. The van der Waals surface area contributed by atoms with Gasteiger partial charge in [-0.05, 0) is 23.6 Å². The van der Waals surface area contributed by atoms with E-state index in [2.05, 4.69) is 18.8 Å². The largest absolute Gasteiger partial charge is 0.388 e. The van der Waals surface area contributed by atoms with Gasteiger partial charge in [0.05, 0.1) is 12.3 Å². The number of pyridine rings is 1. The molecule has 0 aliphatic carbocycles. The van der Waals surface area contributed by atoms with Crippen LogP contribution in [-0.4, -0.2) is 16.6 Å². The van der Waals surface area contributed by atoms with E-state index in [0.717, 1.165) is 12.2 Å². The predicted molar refractivity (Wildman–Crippen MR) is 64.6 cm³/mol. The van der Waals surface area contributed by atoms with E-state index < -0.39 is 0 Å². The number of hydrogen-bond donors (Lipinski definition) is 1. The molecule has 3 nitrogen and oxygen atoms in total. The summed E-state index contributed by atoms with van der Waals surface area (Å²) in [5, 5.41) is 0. The number of aromatic nitrogens is 1. The van der Waals surface area contributed by atoms with Crippen LogP contribution in [0.1, 0.15) is 25.1 Å². The second-order valence-corrected chi connectivity index (χ2v) is 4.26.